The van der Waals surface area contributed by atoms with Crippen molar-refractivity contribution in [1.29, 1.82) is 0 Å². The minimum absolute atomic E-state index is 0.270. The van der Waals surface area contributed by atoms with Gasteiger partial charge in [0.2, 0.25) is 0 Å². The number of rotatable bonds is 7. The molecular formula is C17H19BrFNO. The van der Waals surface area contributed by atoms with E-state index < -0.39 is 0 Å². The SMILES string of the molecule is CCCNCc1cccc(OCc2cccc(F)c2Br)c1. The highest BCUT2D eigenvalue weighted by molar-refractivity contribution is 9.10. The molecule has 0 aliphatic rings. The normalized spacial score (nSPS) is 10.6. The summed E-state index contributed by atoms with van der Waals surface area (Å²) in [6, 6.07) is 12.9. The van der Waals surface area contributed by atoms with Gasteiger partial charge in [-0.1, -0.05) is 31.2 Å². The van der Waals surface area contributed by atoms with Crippen LogP contribution < -0.4 is 10.1 Å². The van der Waals surface area contributed by atoms with Gasteiger partial charge in [0.05, 0.1) is 4.47 Å². The second-order valence-corrected chi connectivity index (χ2v) is 5.62. The van der Waals surface area contributed by atoms with Gasteiger partial charge in [-0.25, -0.2) is 4.39 Å². The van der Waals surface area contributed by atoms with Crippen LogP contribution >= 0.6 is 15.9 Å². The molecule has 0 radical (unpaired) electrons. The van der Waals surface area contributed by atoms with Crippen LogP contribution in [0.2, 0.25) is 0 Å². The molecule has 0 aromatic heterocycles. The van der Waals surface area contributed by atoms with Crippen molar-refractivity contribution in [2.24, 2.45) is 0 Å². The van der Waals surface area contributed by atoms with E-state index in [9.17, 15) is 4.39 Å². The van der Waals surface area contributed by atoms with Gasteiger partial charge in [0, 0.05) is 12.1 Å². The Kier molecular flexibility index (Phi) is 6.21. The predicted molar refractivity (Wildman–Crippen MR) is 86.9 cm³/mol. The third-order valence-electron chi connectivity index (χ3n) is 3.08. The molecule has 2 nitrogen and oxygen atoms in total. The van der Waals surface area contributed by atoms with E-state index in [0.29, 0.717) is 11.1 Å². The van der Waals surface area contributed by atoms with Crippen molar-refractivity contribution in [3.05, 3.63) is 63.9 Å². The molecule has 1 N–H and O–H groups in total. The maximum Gasteiger partial charge on any atom is 0.137 e. The predicted octanol–water partition coefficient (Wildman–Crippen LogP) is 4.67. The van der Waals surface area contributed by atoms with Crippen molar-refractivity contribution < 1.29 is 9.13 Å². The number of ether oxygens (including phenoxy) is 1. The highest BCUT2D eigenvalue weighted by Gasteiger charge is 2.06. The molecule has 4 heteroatoms. The summed E-state index contributed by atoms with van der Waals surface area (Å²) in [6.07, 6.45) is 1.11. The fourth-order valence-corrected chi connectivity index (χ4v) is 2.35. The van der Waals surface area contributed by atoms with Crippen molar-refractivity contribution in [2.75, 3.05) is 6.54 Å². The summed E-state index contributed by atoms with van der Waals surface area (Å²) in [4.78, 5) is 0. The zero-order valence-electron chi connectivity index (χ0n) is 12.0. The first kappa shape index (κ1) is 16.0. The zero-order chi connectivity index (χ0) is 15.1. The first-order chi connectivity index (χ1) is 10.2. The smallest absolute Gasteiger partial charge is 0.137 e. The minimum Gasteiger partial charge on any atom is -0.489 e. The van der Waals surface area contributed by atoms with Crippen molar-refractivity contribution in [3.8, 4) is 5.75 Å². The minimum atomic E-state index is -0.270. The van der Waals surface area contributed by atoms with Crippen LogP contribution in [0.1, 0.15) is 24.5 Å². The monoisotopic (exact) mass is 351 g/mol. The van der Waals surface area contributed by atoms with E-state index in [-0.39, 0.29) is 5.82 Å². The van der Waals surface area contributed by atoms with E-state index >= 15 is 0 Å². The lowest BCUT2D eigenvalue weighted by atomic mass is 10.2. The molecule has 112 valence electrons. The third kappa shape index (κ3) is 4.83. The van der Waals surface area contributed by atoms with Gasteiger partial charge in [0.25, 0.3) is 0 Å². The Labute approximate surface area is 133 Å². The van der Waals surface area contributed by atoms with E-state index in [2.05, 4.69) is 34.2 Å². The molecule has 0 saturated carbocycles. The summed E-state index contributed by atoms with van der Waals surface area (Å²) in [6.45, 7) is 4.31. The Bertz CT molecular complexity index is 589. The van der Waals surface area contributed by atoms with Crippen LogP contribution in [-0.2, 0) is 13.2 Å². The molecule has 0 saturated heterocycles. The highest BCUT2D eigenvalue weighted by Crippen LogP contribution is 2.22. The van der Waals surface area contributed by atoms with E-state index in [1.807, 2.05) is 24.3 Å². The number of hydrogen-bond donors (Lipinski definition) is 1. The van der Waals surface area contributed by atoms with E-state index in [1.165, 1.54) is 11.6 Å². The first-order valence-electron chi connectivity index (χ1n) is 7.06. The number of halogens is 2. The lowest BCUT2D eigenvalue weighted by molar-refractivity contribution is 0.304. The number of hydrogen-bond acceptors (Lipinski definition) is 2. The largest absolute Gasteiger partial charge is 0.489 e. The van der Waals surface area contributed by atoms with Crippen LogP contribution in [0.4, 0.5) is 4.39 Å². The fraction of sp³-hybridized carbons (Fsp3) is 0.294. The standard InChI is InChI=1S/C17H19BrFNO/c1-2-9-20-11-13-5-3-7-15(10-13)21-12-14-6-4-8-16(19)17(14)18/h3-8,10,20H,2,9,11-12H2,1H3. The Morgan fingerprint density at radius 3 is 2.81 bits per heavy atom. The van der Waals surface area contributed by atoms with E-state index in [0.717, 1.165) is 30.8 Å². The van der Waals surface area contributed by atoms with Crippen molar-refractivity contribution >= 4 is 15.9 Å². The molecule has 0 bridgehead atoms. The highest BCUT2D eigenvalue weighted by atomic mass is 79.9. The molecule has 0 aliphatic carbocycles. The summed E-state index contributed by atoms with van der Waals surface area (Å²) < 4.78 is 19.6. The average molecular weight is 352 g/mol. The molecule has 2 rings (SSSR count). The van der Waals surface area contributed by atoms with Gasteiger partial charge in [0.15, 0.2) is 0 Å². The second kappa shape index (κ2) is 8.15. The van der Waals surface area contributed by atoms with Gasteiger partial charge in [-0.2, -0.15) is 0 Å². The molecular weight excluding hydrogens is 333 g/mol. The van der Waals surface area contributed by atoms with Crippen molar-refractivity contribution in [2.45, 2.75) is 26.5 Å². The molecule has 0 aliphatic heterocycles. The maximum absolute atomic E-state index is 13.4. The summed E-state index contributed by atoms with van der Waals surface area (Å²) in [5.74, 6) is 0.524. The summed E-state index contributed by atoms with van der Waals surface area (Å²) in [5.41, 5.74) is 1.98. The Hall–Kier alpha value is -1.39. The van der Waals surface area contributed by atoms with Crippen LogP contribution in [-0.4, -0.2) is 6.54 Å². The first-order valence-corrected chi connectivity index (χ1v) is 7.85. The quantitative estimate of drug-likeness (QED) is 0.732. The second-order valence-electron chi connectivity index (χ2n) is 4.83. The molecule has 0 unspecified atom stereocenters. The Morgan fingerprint density at radius 1 is 1.19 bits per heavy atom. The summed E-state index contributed by atoms with van der Waals surface area (Å²) >= 11 is 3.25. The maximum atomic E-state index is 13.4. The molecule has 2 aromatic rings. The van der Waals surface area contributed by atoms with Crippen LogP contribution in [0.3, 0.4) is 0 Å². The molecule has 21 heavy (non-hydrogen) atoms. The average Bonchev–Trinajstić information content (AvgIpc) is 2.50. The van der Waals surface area contributed by atoms with E-state index in [4.69, 9.17) is 4.74 Å². The van der Waals surface area contributed by atoms with Gasteiger partial charge in [-0.15, -0.1) is 0 Å². The molecule has 0 heterocycles. The van der Waals surface area contributed by atoms with Crippen LogP contribution in [0.5, 0.6) is 5.75 Å². The molecule has 0 atom stereocenters. The van der Waals surface area contributed by atoms with Gasteiger partial charge in [0.1, 0.15) is 18.2 Å². The molecule has 0 fully saturated rings. The van der Waals surface area contributed by atoms with Gasteiger partial charge in [-0.3, -0.25) is 0 Å². The third-order valence-corrected chi connectivity index (χ3v) is 3.97. The Morgan fingerprint density at radius 2 is 2.00 bits per heavy atom. The van der Waals surface area contributed by atoms with Crippen LogP contribution in [0, 0.1) is 5.82 Å². The number of benzene rings is 2. The topological polar surface area (TPSA) is 21.3 Å². The summed E-state index contributed by atoms with van der Waals surface area (Å²) in [7, 11) is 0. The lowest BCUT2D eigenvalue weighted by Gasteiger charge is -2.10. The number of nitrogens with one attached hydrogen (secondary N) is 1. The van der Waals surface area contributed by atoms with E-state index in [1.54, 1.807) is 6.07 Å². The van der Waals surface area contributed by atoms with Crippen molar-refractivity contribution in [1.82, 2.24) is 5.32 Å². The zero-order valence-corrected chi connectivity index (χ0v) is 13.6. The fourth-order valence-electron chi connectivity index (χ4n) is 1.98. The summed E-state index contributed by atoms with van der Waals surface area (Å²) in [5, 5.41) is 3.36. The van der Waals surface area contributed by atoms with Gasteiger partial charge < -0.3 is 10.1 Å². The Balaban J connectivity index is 1.96. The van der Waals surface area contributed by atoms with Gasteiger partial charge in [-0.05, 0) is 52.7 Å². The van der Waals surface area contributed by atoms with Crippen LogP contribution in [0.15, 0.2) is 46.9 Å². The molecule has 0 spiro atoms. The van der Waals surface area contributed by atoms with Gasteiger partial charge >= 0.3 is 0 Å². The molecule has 2 aromatic carbocycles. The lowest BCUT2D eigenvalue weighted by Crippen LogP contribution is -2.13. The van der Waals surface area contributed by atoms with Crippen LogP contribution in [0.25, 0.3) is 0 Å². The van der Waals surface area contributed by atoms with Crippen molar-refractivity contribution in [3.63, 3.8) is 0 Å². The molecule has 0 amide bonds.